The largest absolute Gasteiger partial charge is 0.410 e. The van der Waals surface area contributed by atoms with E-state index >= 15 is 0 Å². The summed E-state index contributed by atoms with van der Waals surface area (Å²) in [5.74, 6) is 0.879. The van der Waals surface area contributed by atoms with E-state index in [1.54, 1.807) is 18.3 Å². The second-order valence-electron chi connectivity index (χ2n) is 6.75. The van der Waals surface area contributed by atoms with Gasteiger partial charge in [0.05, 0.1) is 10.6 Å². The van der Waals surface area contributed by atoms with E-state index in [-0.39, 0.29) is 17.6 Å². The summed E-state index contributed by atoms with van der Waals surface area (Å²) in [7, 11) is 0. The summed E-state index contributed by atoms with van der Waals surface area (Å²) in [5.41, 5.74) is 1.39. The number of carbonyl (C=O) groups excluding carboxylic acids is 2. The van der Waals surface area contributed by atoms with Crippen molar-refractivity contribution < 1.29 is 14.0 Å². The number of carbonyl (C=O) groups is 2. The summed E-state index contributed by atoms with van der Waals surface area (Å²) in [4.78, 5) is 26.0. The van der Waals surface area contributed by atoms with E-state index < -0.39 is 6.04 Å². The Morgan fingerprint density at radius 3 is 3.04 bits per heavy atom. The maximum Gasteiger partial charge on any atom is 0.277 e. The van der Waals surface area contributed by atoms with Crippen molar-refractivity contribution in [1.29, 1.82) is 0 Å². The molecule has 0 bridgehead atoms. The lowest BCUT2D eigenvalue weighted by molar-refractivity contribution is -0.127. The minimum atomic E-state index is -0.573. The molecule has 0 spiro atoms. The summed E-state index contributed by atoms with van der Waals surface area (Å²) in [6, 6.07) is 1.58. The number of fused-ring (bicyclic) bond motifs is 1. The van der Waals surface area contributed by atoms with Crippen LogP contribution < -0.4 is 10.6 Å². The van der Waals surface area contributed by atoms with Gasteiger partial charge >= 0.3 is 0 Å². The predicted octanol–water partition coefficient (Wildman–Crippen LogP) is 2.66. The van der Waals surface area contributed by atoms with Crippen molar-refractivity contribution >= 4 is 34.9 Å². The van der Waals surface area contributed by atoms with Gasteiger partial charge in [0.15, 0.2) is 0 Å². The average molecular weight is 409 g/mol. The average Bonchev–Trinajstić information content (AvgIpc) is 3.26. The van der Waals surface area contributed by atoms with Gasteiger partial charge in [0.1, 0.15) is 6.04 Å². The van der Waals surface area contributed by atoms with Crippen LogP contribution in [0.5, 0.6) is 0 Å². The molecule has 3 rings (SSSR count). The minimum Gasteiger partial charge on any atom is -0.410 e. The quantitative estimate of drug-likeness (QED) is 0.684. The summed E-state index contributed by atoms with van der Waals surface area (Å²) in [6.45, 7) is 6.29. The Labute approximate surface area is 166 Å². The normalized spacial score (nSPS) is 17.2. The second kappa shape index (κ2) is 8.88. The lowest BCUT2D eigenvalue weighted by Gasteiger charge is -2.16. The van der Waals surface area contributed by atoms with Gasteiger partial charge in [0.2, 0.25) is 11.8 Å². The van der Waals surface area contributed by atoms with Crippen molar-refractivity contribution in [3.8, 4) is 10.8 Å². The lowest BCUT2D eigenvalue weighted by Crippen LogP contribution is -2.45. The smallest absolute Gasteiger partial charge is 0.277 e. The summed E-state index contributed by atoms with van der Waals surface area (Å²) in [6.07, 6.45) is 3.44. The van der Waals surface area contributed by atoms with Crippen LogP contribution in [0.1, 0.15) is 37.6 Å². The molecule has 2 aromatic heterocycles. The first kappa shape index (κ1) is 19.9. The molecule has 0 aliphatic heterocycles. The maximum atomic E-state index is 12.0. The first-order valence-corrected chi connectivity index (χ1v) is 10.9. The van der Waals surface area contributed by atoms with Crippen molar-refractivity contribution in [3.05, 3.63) is 16.5 Å². The van der Waals surface area contributed by atoms with E-state index in [9.17, 15) is 9.59 Å². The zero-order chi connectivity index (χ0) is 19.4. The Balaban J connectivity index is 1.54. The number of likely N-dealkylation sites (N-methyl/N-ethyl adjacent to an activating group) is 1. The molecular formula is C18H24N4O3S2. The number of nitrogens with one attached hydrogen (secondary N) is 2. The molecule has 146 valence electrons. The number of amides is 2. The van der Waals surface area contributed by atoms with Crippen molar-refractivity contribution in [2.45, 2.75) is 51.3 Å². The number of rotatable bonds is 7. The van der Waals surface area contributed by atoms with Crippen LogP contribution in [0.25, 0.3) is 10.8 Å². The van der Waals surface area contributed by atoms with E-state index in [0.29, 0.717) is 23.6 Å². The Morgan fingerprint density at radius 1 is 1.44 bits per heavy atom. The molecule has 27 heavy (non-hydrogen) atoms. The highest BCUT2D eigenvalue weighted by molar-refractivity contribution is 7.99. The Kier molecular flexibility index (Phi) is 6.54. The van der Waals surface area contributed by atoms with Crippen molar-refractivity contribution in [2.24, 2.45) is 5.92 Å². The van der Waals surface area contributed by atoms with Crippen LogP contribution in [0.4, 0.5) is 0 Å². The highest BCUT2D eigenvalue weighted by atomic mass is 32.2. The molecule has 2 atom stereocenters. The van der Waals surface area contributed by atoms with E-state index in [0.717, 1.165) is 17.7 Å². The lowest BCUT2D eigenvalue weighted by atomic mass is 9.90. The molecule has 2 heterocycles. The molecule has 0 fully saturated rings. The van der Waals surface area contributed by atoms with Gasteiger partial charge in [-0.25, -0.2) is 0 Å². The Bertz CT molecular complexity index is 817. The Hall–Kier alpha value is -1.87. The van der Waals surface area contributed by atoms with Gasteiger partial charge in [-0.3, -0.25) is 9.59 Å². The monoisotopic (exact) mass is 408 g/mol. The minimum absolute atomic E-state index is 0.115. The first-order chi connectivity index (χ1) is 13.0. The van der Waals surface area contributed by atoms with E-state index in [1.165, 1.54) is 28.6 Å². The van der Waals surface area contributed by atoms with Gasteiger partial charge in [-0.05, 0) is 50.7 Å². The van der Waals surface area contributed by atoms with Crippen LogP contribution in [0, 0.1) is 5.92 Å². The molecule has 1 aliphatic rings. The van der Waals surface area contributed by atoms with Crippen LogP contribution >= 0.6 is 23.1 Å². The molecule has 9 heteroatoms. The zero-order valence-electron chi connectivity index (χ0n) is 15.7. The second-order valence-corrected chi connectivity index (χ2v) is 8.82. The summed E-state index contributed by atoms with van der Waals surface area (Å²) in [5, 5.41) is 13.8. The van der Waals surface area contributed by atoms with Gasteiger partial charge in [-0.15, -0.1) is 21.5 Å². The third-order valence-electron chi connectivity index (χ3n) is 4.39. The van der Waals surface area contributed by atoms with Gasteiger partial charge in [-0.2, -0.15) is 0 Å². The van der Waals surface area contributed by atoms with Crippen molar-refractivity contribution in [3.63, 3.8) is 0 Å². The van der Waals surface area contributed by atoms with Crippen molar-refractivity contribution in [2.75, 3.05) is 12.3 Å². The first-order valence-electron chi connectivity index (χ1n) is 9.11. The number of aromatic nitrogens is 2. The number of thioether (sulfide) groups is 1. The molecule has 7 nitrogen and oxygen atoms in total. The van der Waals surface area contributed by atoms with Crippen LogP contribution in [-0.2, 0) is 22.4 Å². The van der Waals surface area contributed by atoms with E-state index in [4.69, 9.17) is 4.42 Å². The van der Waals surface area contributed by atoms with Crippen LogP contribution in [0.2, 0.25) is 0 Å². The van der Waals surface area contributed by atoms with Crippen LogP contribution in [0.3, 0.4) is 0 Å². The number of aryl methyl sites for hydroxylation is 1. The third kappa shape index (κ3) is 5.10. The van der Waals surface area contributed by atoms with Crippen LogP contribution in [-0.4, -0.2) is 40.4 Å². The standard InChI is InChI=1S/C18H24N4O3S2/c1-4-19-16(24)11(3)20-15(23)9-26-18-22-21-17(25-18)14-8-12-7-10(2)5-6-13(12)27-14/h8,10-11H,4-7,9H2,1-3H3,(H,19,24)(H,20,23)/t10-,11+/m0/s1. The van der Waals surface area contributed by atoms with Crippen molar-refractivity contribution in [1.82, 2.24) is 20.8 Å². The highest BCUT2D eigenvalue weighted by Crippen LogP contribution is 2.37. The SMILES string of the molecule is CCNC(=O)[C@@H](C)NC(=O)CSc1nnc(-c2cc3c(s2)CC[C@H](C)C3)o1. The highest BCUT2D eigenvalue weighted by Gasteiger charge is 2.21. The fourth-order valence-electron chi connectivity index (χ4n) is 2.98. The molecule has 0 saturated heterocycles. The van der Waals surface area contributed by atoms with Crippen LogP contribution in [0.15, 0.2) is 15.7 Å². The number of hydrogen-bond donors (Lipinski definition) is 2. The topological polar surface area (TPSA) is 97.1 Å². The number of thiophene rings is 1. The fourth-order valence-corrected chi connectivity index (χ4v) is 4.69. The molecule has 0 aromatic carbocycles. The van der Waals surface area contributed by atoms with Gasteiger partial charge in [0, 0.05) is 11.4 Å². The van der Waals surface area contributed by atoms with E-state index in [1.807, 2.05) is 6.92 Å². The molecule has 0 radical (unpaired) electrons. The summed E-state index contributed by atoms with van der Waals surface area (Å²) >= 11 is 2.88. The molecule has 2 amide bonds. The number of nitrogens with zero attached hydrogens (tertiary/aromatic N) is 2. The maximum absolute atomic E-state index is 12.0. The van der Waals surface area contributed by atoms with Gasteiger partial charge < -0.3 is 15.1 Å². The molecule has 2 N–H and O–H groups in total. The molecule has 2 aromatic rings. The zero-order valence-corrected chi connectivity index (χ0v) is 17.3. The fraction of sp³-hybridized carbons (Fsp3) is 0.556. The molecule has 1 aliphatic carbocycles. The molecule has 0 saturated carbocycles. The predicted molar refractivity (Wildman–Crippen MR) is 106 cm³/mol. The molecular weight excluding hydrogens is 384 g/mol. The number of hydrogen-bond acceptors (Lipinski definition) is 7. The third-order valence-corrected chi connectivity index (χ3v) is 6.44. The Morgan fingerprint density at radius 2 is 2.26 bits per heavy atom. The van der Waals surface area contributed by atoms with Gasteiger partial charge in [-0.1, -0.05) is 18.7 Å². The molecule has 0 unspecified atom stereocenters. The van der Waals surface area contributed by atoms with E-state index in [2.05, 4.69) is 33.8 Å². The summed E-state index contributed by atoms with van der Waals surface area (Å²) < 4.78 is 5.71. The van der Waals surface area contributed by atoms with Gasteiger partial charge in [0.25, 0.3) is 11.1 Å².